The third-order valence-electron chi connectivity index (χ3n) is 5.79. The zero-order valence-corrected chi connectivity index (χ0v) is 19.9. The lowest BCUT2D eigenvalue weighted by Crippen LogP contribution is -2.51. The predicted octanol–water partition coefficient (Wildman–Crippen LogP) is 1.53. The van der Waals surface area contributed by atoms with Crippen molar-refractivity contribution >= 4 is 27.5 Å². The van der Waals surface area contributed by atoms with Gasteiger partial charge in [0.2, 0.25) is 16.1 Å². The van der Waals surface area contributed by atoms with E-state index in [0.29, 0.717) is 17.2 Å². The molecular formula is C23H28N4O6S. The molecule has 1 saturated heterocycles. The Labute approximate surface area is 198 Å². The van der Waals surface area contributed by atoms with Crippen LogP contribution in [0, 0.1) is 0 Å². The Bertz CT molecular complexity index is 1180. The summed E-state index contributed by atoms with van der Waals surface area (Å²) in [7, 11) is -0.889. The Balaban J connectivity index is 1.52. The Kier molecular flexibility index (Phi) is 6.94. The second-order valence-corrected chi connectivity index (χ2v) is 10.5. The lowest BCUT2D eigenvalue weighted by atomic mass is 10.1. The molecule has 1 unspecified atom stereocenters. The summed E-state index contributed by atoms with van der Waals surface area (Å²) >= 11 is 0. The van der Waals surface area contributed by atoms with Gasteiger partial charge in [0.1, 0.15) is 6.61 Å². The Hall–Kier alpha value is -3.31. The summed E-state index contributed by atoms with van der Waals surface area (Å²) in [6.07, 6.45) is 2.12. The molecule has 2 amide bonds. The number of nitrogens with one attached hydrogen (secondary N) is 2. The number of nitrogens with zero attached hydrogens (tertiary/aromatic N) is 2. The third-order valence-corrected chi connectivity index (χ3v) is 7.60. The minimum absolute atomic E-state index is 0.00430. The molecule has 2 aromatic rings. The van der Waals surface area contributed by atoms with Gasteiger partial charge in [-0.25, -0.2) is 12.7 Å². The van der Waals surface area contributed by atoms with Crippen LogP contribution in [-0.4, -0.2) is 64.4 Å². The van der Waals surface area contributed by atoms with E-state index in [-0.39, 0.29) is 17.1 Å². The summed E-state index contributed by atoms with van der Waals surface area (Å²) < 4.78 is 37.6. The summed E-state index contributed by atoms with van der Waals surface area (Å²) in [6, 6.07) is 11.5. The Morgan fingerprint density at radius 2 is 1.71 bits per heavy atom. The molecule has 4 rings (SSSR count). The average molecular weight is 489 g/mol. The summed E-state index contributed by atoms with van der Waals surface area (Å²) in [4.78, 5) is 27.8. The maximum absolute atomic E-state index is 13.1. The van der Waals surface area contributed by atoms with E-state index in [1.54, 1.807) is 30.3 Å². The van der Waals surface area contributed by atoms with Crippen LogP contribution < -0.4 is 25.2 Å². The lowest BCUT2D eigenvalue weighted by Gasteiger charge is -2.30. The molecule has 0 aromatic heterocycles. The number of fused-ring (bicyclic) bond motifs is 1. The zero-order valence-electron chi connectivity index (χ0n) is 19.1. The summed E-state index contributed by atoms with van der Waals surface area (Å²) in [5.41, 5.74) is 5.55. The fourth-order valence-corrected chi connectivity index (χ4v) is 4.82. The van der Waals surface area contributed by atoms with Crippen LogP contribution in [0.2, 0.25) is 0 Å². The molecule has 0 spiro atoms. The predicted molar refractivity (Wildman–Crippen MR) is 125 cm³/mol. The molecule has 2 heterocycles. The highest BCUT2D eigenvalue weighted by Crippen LogP contribution is 2.31. The number of anilines is 1. The Morgan fingerprint density at radius 3 is 2.41 bits per heavy atom. The van der Waals surface area contributed by atoms with Gasteiger partial charge in [-0.3, -0.25) is 20.4 Å². The molecule has 1 fully saturated rings. The second-order valence-electron chi connectivity index (χ2n) is 8.32. The third kappa shape index (κ3) is 4.95. The molecule has 10 nitrogen and oxygen atoms in total. The van der Waals surface area contributed by atoms with Gasteiger partial charge < -0.3 is 14.4 Å². The number of carbonyl (C=O) groups is 2. The van der Waals surface area contributed by atoms with Crippen molar-refractivity contribution in [3.05, 3.63) is 48.0 Å². The van der Waals surface area contributed by atoms with E-state index in [0.717, 1.165) is 36.7 Å². The van der Waals surface area contributed by atoms with Crippen LogP contribution in [-0.2, 0) is 14.8 Å². The fourth-order valence-electron chi connectivity index (χ4n) is 3.89. The highest BCUT2D eigenvalue weighted by molar-refractivity contribution is 7.89. The van der Waals surface area contributed by atoms with E-state index in [1.165, 1.54) is 26.2 Å². The number of para-hydroxylation sites is 2. The number of amides is 2. The maximum Gasteiger partial charge on any atom is 0.283 e. The number of benzene rings is 2. The van der Waals surface area contributed by atoms with Crippen LogP contribution in [0.5, 0.6) is 11.5 Å². The van der Waals surface area contributed by atoms with Gasteiger partial charge >= 0.3 is 0 Å². The van der Waals surface area contributed by atoms with Gasteiger partial charge in [0, 0.05) is 32.9 Å². The van der Waals surface area contributed by atoms with E-state index in [4.69, 9.17) is 9.47 Å². The molecule has 0 saturated carbocycles. The standard InChI is InChI=1S/C23H28N4O6S/c1-26(2)34(30,31)16-10-11-18(27-12-6-3-7-13-27)17(14-16)22(28)24-25-23(29)21-15-32-19-8-4-5-9-20(19)33-21/h4-5,8-11,14,21H,3,6-7,12-13,15H2,1-2H3,(H,24,28)(H,25,29). The van der Waals surface area contributed by atoms with Crippen LogP contribution >= 0.6 is 0 Å². The molecule has 182 valence electrons. The van der Waals surface area contributed by atoms with E-state index in [1.807, 2.05) is 0 Å². The van der Waals surface area contributed by atoms with Gasteiger partial charge in [0.05, 0.1) is 10.5 Å². The van der Waals surface area contributed by atoms with Crippen molar-refractivity contribution in [2.24, 2.45) is 0 Å². The molecule has 0 radical (unpaired) electrons. The van der Waals surface area contributed by atoms with E-state index in [9.17, 15) is 18.0 Å². The molecule has 2 aromatic carbocycles. The molecule has 2 aliphatic rings. The molecule has 2 N–H and O–H groups in total. The van der Waals surface area contributed by atoms with Crippen molar-refractivity contribution in [2.75, 3.05) is 38.7 Å². The van der Waals surface area contributed by atoms with Crippen LogP contribution in [0.25, 0.3) is 0 Å². The van der Waals surface area contributed by atoms with Crippen molar-refractivity contribution in [1.82, 2.24) is 15.2 Å². The fraction of sp³-hybridized carbons (Fsp3) is 0.391. The van der Waals surface area contributed by atoms with Gasteiger partial charge in [0.25, 0.3) is 11.8 Å². The molecule has 0 bridgehead atoms. The minimum Gasteiger partial charge on any atom is -0.485 e. The zero-order chi connectivity index (χ0) is 24.3. The van der Waals surface area contributed by atoms with E-state index in [2.05, 4.69) is 15.8 Å². The van der Waals surface area contributed by atoms with Crippen LogP contribution in [0.4, 0.5) is 5.69 Å². The maximum atomic E-state index is 13.1. The quantitative estimate of drug-likeness (QED) is 0.613. The summed E-state index contributed by atoms with van der Waals surface area (Å²) in [6.45, 7) is 1.52. The van der Waals surface area contributed by atoms with Gasteiger partial charge in [-0.1, -0.05) is 12.1 Å². The van der Waals surface area contributed by atoms with Gasteiger partial charge in [-0.05, 0) is 49.6 Å². The molecule has 34 heavy (non-hydrogen) atoms. The van der Waals surface area contributed by atoms with Crippen molar-refractivity contribution in [3.63, 3.8) is 0 Å². The van der Waals surface area contributed by atoms with E-state index >= 15 is 0 Å². The molecule has 2 aliphatic heterocycles. The monoisotopic (exact) mass is 488 g/mol. The van der Waals surface area contributed by atoms with E-state index < -0.39 is 27.9 Å². The molecule has 0 aliphatic carbocycles. The summed E-state index contributed by atoms with van der Waals surface area (Å²) in [5, 5.41) is 0. The number of piperidine rings is 1. The van der Waals surface area contributed by atoms with Gasteiger partial charge in [-0.2, -0.15) is 0 Å². The first kappa shape index (κ1) is 23.8. The van der Waals surface area contributed by atoms with Crippen LogP contribution in [0.15, 0.2) is 47.4 Å². The number of carbonyl (C=O) groups excluding carboxylic acids is 2. The molecule has 11 heteroatoms. The molecule has 1 atom stereocenters. The van der Waals surface area contributed by atoms with Crippen molar-refractivity contribution in [1.29, 1.82) is 0 Å². The van der Waals surface area contributed by atoms with Crippen LogP contribution in [0.3, 0.4) is 0 Å². The first-order chi connectivity index (χ1) is 16.3. The van der Waals surface area contributed by atoms with Gasteiger partial charge in [0.15, 0.2) is 11.5 Å². The van der Waals surface area contributed by atoms with Crippen LogP contribution in [0.1, 0.15) is 29.6 Å². The second kappa shape index (κ2) is 9.90. The highest BCUT2D eigenvalue weighted by Gasteiger charge is 2.29. The minimum atomic E-state index is -3.75. The van der Waals surface area contributed by atoms with Gasteiger partial charge in [-0.15, -0.1) is 0 Å². The lowest BCUT2D eigenvalue weighted by molar-refractivity contribution is -0.131. The number of hydrazine groups is 1. The van der Waals surface area contributed by atoms with Crippen molar-refractivity contribution in [3.8, 4) is 11.5 Å². The smallest absolute Gasteiger partial charge is 0.283 e. The molecular weight excluding hydrogens is 460 g/mol. The van der Waals surface area contributed by atoms with Crippen molar-refractivity contribution in [2.45, 2.75) is 30.3 Å². The SMILES string of the molecule is CN(C)S(=O)(=O)c1ccc(N2CCCCC2)c(C(=O)NNC(=O)C2COc3ccccc3O2)c1. The number of hydrogen-bond donors (Lipinski definition) is 2. The number of rotatable bonds is 5. The first-order valence-corrected chi connectivity index (χ1v) is 12.5. The van der Waals surface area contributed by atoms with Crippen molar-refractivity contribution < 1.29 is 27.5 Å². The normalized spacial score (nSPS) is 17.9. The summed E-state index contributed by atoms with van der Waals surface area (Å²) in [5.74, 6) is -0.226. The largest absolute Gasteiger partial charge is 0.485 e. The number of hydrogen-bond acceptors (Lipinski definition) is 7. The number of ether oxygens (including phenoxy) is 2. The topological polar surface area (TPSA) is 117 Å². The highest BCUT2D eigenvalue weighted by atomic mass is 32.2. The average Bonchev–Trinajstić information content (AvgIpc) is 2.86. The first-order valence-electron chi connectivity index (χ1n) is 11.1. The number of sulfonamides is 1. The Morgan fingerprint density at radius 1 is 1.00 bits per heavy atom.